The molecule has 1 fully saturated rings. The number of anilines is 2. The molecule has 0 aromatic heterocycles. The molecule has 0 spiro atoms. The molecule has 1 N–H and O–H groups in total. The number of fused-ring (bicyclic) bond motifs is 3. The standard InChI is InChI=1S/C25H27F2N3O3/c1-25(2,3)33-24(32)29-8-9-30-20(15-29)14-23(31)28-21-7-6-16(12-22(21)30)4-5-17-10-18(26)13-19(27)11-17/h4-7,10-13,20H,8-9,14-15H2,1-3H3,(H,28,31)/b5-4+. The molecule has 6 nitrogen and oxygen atoms in total. The zero-order valence-electron chi connectivity index (χ0n) is 18.9. The summed E-state index contributed by atoms with van der Waals surface area (Å²) in [5.74, 6) is -1.39. The van der Waals surface area contributed by atoms with E-state index in [1.807, 2.05) is 39.0 Å². The molecule has 174 valence electrons. The van der Waals surface area contributed by atoms with Crippen molar-refractivity contribution >= 4 is 35.5 Å². The number of carbonyl (C=O) groups excluding carboxylic acids is 2. The topological polar surface area (TPSA) is 61.9 Å². The average Bonchev–Trinajstić information content (AvgIpc) is 2.84. The highest BCUT2D eigenvalue weighted by Gasteiger charge is 2.36. The summed E-state index contributed by atoms with van der Waals surface area (Å²) in [6.45, 7) is 6.87. The smallest absolute Gasteiger partial charge is 0.410 e. The van der Waals surface area contributed by atoms with Crippen LogP contribution in [0.5, 0.6) is 0 Å². The molecular formula is C25H27F2N3O3. The lowest BCUT2D eigenvalue weighted by atomic mass is 10.1. The molecule has 2 heterocycles. The van der Waals surface area contributed by atoms with Crippen LogP contribution in [0, 0.1) is 11.6 Å². The largest absolute Gasteiger partial charge is 0.444 e. The van der Waals surface area contributed by atoms with Crippen molar-refractivity contribution in [3.8, 4) is 0 Å². The summed E-state index contributed by atoms with van der Waals surface area (Å²) in [7, 11) is 0. The van der Waals surface area contributed by atoms with Crippen LogP contribution in [0.15, 0.2) is 36.4 Å². The lowest BCUT2D eigenvalue weighted by molar-refractivity contribution is -0.116. The van der Waals surface area contributed by atoms with Gasteiger partial charge in [0.05, 0.1) is 17.4 Å². The Labute approximate surface area is 191 Å². The fourth-order valence-electron chi connectivity index (χ4n) is 4.11. The van der Waals surface area contributed by atoms with Crippen LogP contribution >= 0.6 is 0 Å². The Balaban J connectivity index is 1.57. The van der Waals surface area contributed by atoms with Crippen LogP contribution in [0.4, 0.5) is 25.0 Å². The van der Waals surface area contributed by atoms with Gasteiger partial charge in [0.2, 0.25) is 5.91 Å². The third kappa shape index (κ3) is 5.50. The van der Waals surface area contributed by atoms with E-state index in [1.165, 1.54) is 12.1 Å². The number of amides is 2. The lowest BCUT2D eigenvalue weighted by Gasteiger charge is -2.42. The number of benzene rings is 2. The third-order valence-corrected chi connectivity index (χ3v) is 5.51. The molecule has 1 unspecified atom stereocenters. The van der Waals surface area contributed by atoms with Crippen LogP contribution in [-0.4, -0.2) is 48.2 Å². The minimum atomic E-state index is -0.634. The van der Waals surface area contributed by atoms with Crippen molar-refractivity contribution in [2.75, 3.05) is 29.9 Å². The predicted octanol–water partition coefficient (Wildman–Crippen LogP) is 4.90. The Kier molecular flexibility index (Phi) is 6.10. The van der Waals surface area contributed by atoms with E-state index >= 15 is 0 Å². The summed E-state index contributed by atoms with van der Waals surface area (Å²) in [4.78, 5) is 28.8. The number of hydrogen-bond acceptors (Lipinski definition) is 4. The fraction of sp³-hybridized carbons (Fsp3) is 0.360. The highest BCUT2D eigenvalue weighted by molar-refractivity contribution is 5.97. The van der Waals surface area contributed by atoms with Gasteiger partial charge in [0, 0.05) is 32.1 Å². The van der Waals surface area contributed by atoms with Gasteiger partial charge in [-0.3, -0.25) is 4.79 Å². The normalized spacial score (nSPS) is 18.5. The average molecular weight is 456 g/mol. The Morgan fingerprint density at radius 1 is 1.06 bits per heavy atom. The van der Waals surface area contributed by atoms with E-state index in [1.54, 1.807) is 17.1 Å². The number of halogens is 2. The molecule has 2 aliphatic rings. The van der Waals surface area contributed by atoms with Gasteiger partial charge in [0.25, 0.3) is 0 Å². The molecule has 2 aromatic carbocycles. The minimum Gasteiger partial charge on any atom is -0.444 e. The van der Waals surface area contributed by atoms with Gasteiger partial charge in [0.1, 0.15) is 17.2 Å². The van der Waals surface area contributed by atoms with Gasteiger partial charge in [0.15, 0.2) is 0 Å². The van der Waals surface area contributed by atoms with E-state index in [0.29, 0.717) is 30.9 Å². The molecule has 1 saturated heterocycles. The predicted molar refractivity (Wildman–Crippen MR) is 124 cm³/mol. The zero-order valence-corrected chi connectivity index (χ0v) is 18.9. The van der Waals surface area contributed by atoms with Crippen molar-refractivity contribution in [1.29, 1.82) is 0 Å². The number of nitrogens with zero attached hydrogens (tertiary/aromatic N) is 2. The zero-order chi connectivity index (χ0) is 23.8. The molecular weight excluding hydrogens is 428 g/mol. The molecule has 2 amide bonds. The summed E-state index contributed by atoms with van der Waals surface area (Å²) in [6.07, 6.45) is 3.28. The second-order valence-electron chi connectivity index (χ2n) is 9.34. The maximum absolute atomic E-state index is 13.5. The van der Waals surface area contributed by atoms with Crippen molar-refractivity contribution < 1.29 is 23.1 Å². The van der Waals surface area contributed by atoms with Crippen LogP contribution in [0.2, 0.25) is 0 Å². The Morgan fingerprint density at radius 3 is 2.45 bits per heavy atom. The van der Waals surface area contributed by atoms with E-state index in [-0.39, 0.29) is 24.5 Å². The van der Waals surface area contributed by atoms with Crippen molar-refractivity contribution in [3.63, 3.8) is 0 Å². The van der Waals surface area contributed by atoms with Crippen LogP contribution < -0.4 is 10.2 Å². The Morgan fingerprint density at radius 2 is 1.76 bits per heavy atom. The van der Waals surface area contributed by atoms with Gasteiger partial charge in [-0.1, -0.05) is 18.2 Å². The second-order valence-corrected chi connectivity index (χ2v) is 9.34. The number of hydrogen-bond donors (Lipinski definition) is 1. The maximum atomic E-state index is 13.5. The molecule has 8 heteroatoms. The third-order valence-electron chi connectivity index (χ3n) is 5.51. The first-order chi connectivity index (χ1) is 15.6. The summed E-state index contributed by atoms with van der Waals surface area (Å²) in [5, 5.41) is 2.94. The first-order valence-electron chi connectivity index (χ1n) is 10.9. The van der Waals surface area contributed by atoms with Crippen molar-refractivity contribution in [2.45, 2.75) is 38.8 Å². The minimum absolute atomic E-state index is 0.117. The number of rotatable bonds is 2. The van der Waals surface area contributed by atoms with Crippen LogP contribution in [0.1, 0.15) is 38.3 Å². The lowest BCUT2D eigenvalue weighted by Crippen LogP contribution is -2.55. The maximum Gasteiger partial charge on any atom is 0.410 e. The molecule has 33 heavy (non-hydrogen) atoms. The van der Waals surface area contributed by atoms with E-state index in [9.17, 15) is 18.4 Å². The van der Waals surface area contributed by atoms with Gasteiger partial charge >= 0.3 is 6.09 Å². The first kappa shape index (κ1) is 22.8. The van der Waals surface area contributed by atoms with E-state index in [4.69, 9.17) is 4.74 Å². The van der Waals surface area contributed by atoms with E-state index in [2.05, 4.69) is 10.2 Å². The number of piperazine rings is 1. The second kappa shape index (κ2) is 8.84. The van der Waals surface area contributed by atoms with Crippen LogP contribution in [0.25, 0.3) is 12.2 Å². The molecule has 2 aliphatic heterocycles. The van der Waals surface area contributed by atoms with Gasteiger partial charge in [-0.15, -0.1) is 0 Å². The van der Waals surface area contributed by atoms with Crippen LogP contribution in [-0.2, 0) is 9.53 Å². The Hall–Kier alpha value is -3.42. The van der Waals surface area contributed by atoms with Gasteiger partial charge in [-0.25, -0.2) is 13.6 Å². The highest BCUT2D eigenvalue weighted by Crippen LogP contribution is 2.35. The SMILES string of the molecule is CC(C)(C)OC(=O)N1CCN2c3cc(/C=C/c4cc(F)cc(F)c4)ccc3NC(=O)CC2C1. The number of ether oxygens (including phenoxy) is 1. The van der Waals surface area contributed by atoms with E-state index < -0.39 is 17.2 Å². The fourth-order valence-corrected chi connectivity index (χ4v) is 4.11. The number of nitrogens with one attached hydrogen (secondary N) is 1. The molecule has 0 aliphatic carbocycles. The Bertz CT molecular complexity index is 1090. The first-order valence-corrected chi connectivity index (χ1v) is 10.9. The van der Waals surface area contributed by atoms with Crippen molar-refractivity contribution in [2.24, 2.45) is 0 Å². The van der Waals surface area contributed by atoms with Gasteiger partial charge < -0.3 is 19.9 Å². The molecule has 0 radical (unpaired) electrons. The molecule has 0 saturated carbocycles. The van der Waals surface area contributed by atoms with Crippen molar-refractivity contribution in [3.05, 3.63) is 59.2 Å². The molecule has 4 rings (SSSR count). The van der Waals surface area contributed by atoms with E-state index in [0.717, 1.165) is 17.3 Å². The monoisotopic (exact) mass is 455 g/mol. The molecule has 2 aromatic rings. The summed E-state index contributed by atoms with van der Waals surface area (Å²) in [6, 6.07) is 8.75. The highest BCUT2D eigenvalue weighted by atomic mass is 19.1. The quantitative estimate of drug-likeness (QED) is 0.654. The van der Waals surface area contributed by atoms with Crippen molar-refractivity contribution in [1.82, 2.24) is 4.90 Å². The van der Waals surface area contributed by atoms with Gasteiger partial charge in [-0.05, 0) is 56.2 Å². The molecule has 1 atom stereocenters. The van der Waals surface area contributed by atoms with Crippen LogP contribution in [0.3, 0.4) is 0 Å². The van der Waals surface area contributed by atoms with Gasteiger partial charge in [-0.2, -0.15) is 0 Å². The summed E-state index contributed by atoms with van der Waals surface area (Å²) < 4.78 is 32.4. The molecule has 0 bridgehead atoms. The summed E-state index contributed by atoms with van der Waals surface area (Å²) >= 11 is 0. The number of carbonyl (C=O) groups is 2. The summed E-state index contributed by atoms with van der Waals surface area (Å²) in [5.41, 5.74) is 2.19.